The normalized spacial score (nSPS) is 11.1. The zero-order chi connectivity index (χ0) is 15.1. The van der Waals surface area contributed by atoms with Gasteiger partial charge in [-0.2, -0.15) is 5.26 Å². The van der Waals surface area contributed by atoms with Gasteiger partial charge in [0.1, 0.15) is 17.4 Å². The molecule has 0 saturated carbocycles. The molecule has 0 N–H and O–H groups in total. The van der Waals surface area contributed by atoms with Crippen LogP contribution in [0.3, 0.4) is 0 Å². The van der Waals surface area contributed by atoms with E-state index < -0.39 is 0 Å². The Morgan fingerprint density at radius 3 is 2.59 bits per heavy atom. The molecule has 0 aliphatic carbocycles. The number of imidazole rings is 1. The Morgan fingerprint density at radius 1 is 1.09 bits per heavy atom. The average molecular weight is 287 g/mol. The van der Waals surface area contributed by atoms with Crippen molar-refractivity contribution in [2.45, 2.75) is 6.92 Å². The molecule has 2 aromatic carbocycles. The van der Waals surface area contributed by atoms with Crippen molar-refractivity contribution in [2.75, 3.05) is 6.61 Å². The quantitative estimate of drug-likeness (QED) is 0.561. The lowest BCUT2D eigenvalue weighted by molar-refractivity contribution is 0.343. The first-order chi connectivity index (χ1) is 10.8. The summed E-state index contributed by atoms with van der Waals surface area (Å²) in [5.41, 5.74) is 3.99. The van der Waals surface area contributed by atoms with Crippen molar-refractivity contribution in [3.05, 3.63) is 54.1 Å². The van der Waals surface area contributed by atoms with Gasteiger partial charge in [-0.05, 0) is 31.2 Å². The predicted molar refractivity (Wildman–Crippen MR) is 86.1 cm³/mol. The molecule has 0 bridgehead atoms. The van der Waals surface area contributed by atoms with Gasteiger partial charge in [-0.25, -0.2) is 4.98 Å². The molecule has 0 aliphatic heterocycles. The van der Waals surface area contributed by atoms with Crippen molar-refractivity contribution >= 4 is 27.6 Å². The summed E-state index contributed by atoms with van der Waals surface area (Å²) < 4.78 is 7.80. The fourth-order valence-corrected chi connectivity index (χ4v) is 2.93. The summed E-state index contributed by atoms with van der Waals surface area (Å²) >= 11 is 0. The minimum Gasteiger partial charge on any atom is -0.492 e. The van der Waals surface area contributed by atoms with Gasteiger partial charge < -0.3 is 4.74 Å². The third-order valence-electron chi connectivity index (χ3n) is 3.80. The van der Waals surface area contributed by atoms with E-state index in [-0.39, 0.29) is 0 Å². The van der Waals surface area contributed by atoms with E-state index in [0.29, 0.717) is 23.6 Å². The molecule has 4 aromatic rings. The van der Waals surface area contributed by atoms with Gasteiger partial charge in [0.25, 0.3) is 0 Å². The molecule has 2 heterocycles. The van der Waals surface area contributed by atoms with E-state index in [9.17, 15) is 5.26 Å². The topological polar surface area (TPSA) is 50.3 Å². The Morgan fingerprint density at radius 2 is 1.82 bits per heavy atom. The zero-order valence-corrected chi connectivity index (χ0v) is 12.1. The van der Waals surface area contributed by atoms with Gasteiger partial charge in [-0.15, -0.1) is 0 Å². The predicted octanol–water partition coefficient (Wildman–Crippen LogP) is 3.91. The van der Waals surface area contributed by atoms with Crippen LogP contribution in [-0.4, -0.2) is 16.0 Å². The molecule has 0 radical (unpaired) electrons. The minimum absolute atomic E-state index is 0.483. The van der Waals surface area contributed by atoms with Crippen molar-refractivity contribution in [1.29, 1.82) is 5.26 Å². The molecule has 0 spiro atoms. The second-order valence-corrected chi connectivity index (χ2v) is 5.03. The van der Waals surface area contributed by atoms with Gasteiger partial charge in [-0.1, -0.05) is 24.3 Å². The van der Waals surface area contributed by atoms with Crippen LogP contribution in [0.15, 0.2) is 48.5 Å². The summed E-state index contributed by atoms with van der Waals surface area (Å²) in [5, 5.41) is 10.6. The molecular formula is C18H13N3O. The molecule has 0 saturated heterocycles. The van der Waals surface area contributed by atoms with E-state index in [4.69, 9.17) is 4.74 Å². The molecular weight excluding hydrogens is 274 g/mol. The number of nitriles is 1. The maximum absolute atomic E-state index is 9.64. The van der Waals surface area contributed by atoms with Gasteiger partial charge in [0.2, 0.25) is 0 Å². The first-order valence-electron chi connectivity index (χ1n) is 7.20. The van der Waals surface area contributed by atoms with E-state index >= 15 is 0 Å². The molecule has 0 amide bonds. The van der Waals surface area contributed by atoms with Crippen LogP contribution < -0.4 is 4.74 Å². The van der Waals surface area contributed by atoms with Crippen LogP contribution in [0.4, 0.5) is 0 Å². The largest absolute Gasteiger partial charge is 0.492 e. The van der Waals surface area contributed by atoms with E-state index in [2.05, 4.69) is 11.1 Å². The van der Waals surface area contributed by atoms with E-state index in [0.717, 1.165) is 21.9 Å². The highest BCUT2D eigenvalue weighted by Gasteiger charge is 2.18. The summed E-state index contributed by atoms with van der Waals surface area (Å²) in [7, 11) is 0. The molecule has 0 aliphatic rings. The van der Waals surface area contributed by atoms with Gasteiger partial charge in [0, 0.05) is 5.39 Å². The second-order valence-electron chi connectivity index (χ2n) is 5.03. The van der Waals surface area contributed by atoms with Gasteiger partial charge >= 0.3 is 0 Å². The lowest BCUT2D eigenvalue weighted by Gasteiger charge is -2.12. The maximum atomic E-state index is 9.64. The first kappa shape index (κ1) is 12.7. The summed E-state index contributed by atoms with van der Waals surface area (Å²) in [4.78, 5) is 4.64. The fraction of sp³-hybridized carbons (Fsp3) is 0.111. The Labute approximate surface area is 127 Å². The molecule has 106 valence electrons. The third-order valence-corrected chi connectivity index (χ3v) is 3.80. The zero-order valence-electron chi connectivity index (χ0n) is 12.1. The SMILES string of the molecule is CCOc1c(C#N)c2nc3ccccc3n2c2ccccc12. The standard InChI is InChI=1S/C18H13N3O/c1-2-22-17-12-7-3-5-9-15(12)21-16-10-6-4-8-14(16)20-18(21)13(17)11-19/h3-10H,2H2,1H3. The second kappa shape index (κ2) is 4.74. The van der Waals surface area contributed by atoms with Crippen LogP contribution in [0, 0.1) is 11.3 Å². The third kappa shape index (κ3) is 1.60. The van der Waals surface area contributed by atoms with Gasteiger partial charge in [-0.3, -0.25) is 4.40 Å². The number of para-hydroxylation sites is 3. The Balaban J connectivity index is 2.34. The minimum atomic E-state index is 0.483. The maximum Gasteiger partial charge on any atom is 0.160 e. The molecule has 0 atom stereocenters. The summed E-state index contributed by atoms with van der Waals surface area (Å²) in [6.45, 7) is 2.43. The number of nitrogens with zero attached hydrogens (tertiary/aromatic N) is 3. The summed E-state index contributed by atoms with van der Waals surface area (Å²) in [6, 6.07) is 18.1. The van der Waals surface area contributed by atoms with Crippen LogP contribution in [0.2, 0.25) is 0 Å². The summed E-state index contributed by atoms with van der Waals surface area (Å²) in [5.74, 6) is 0.614. The molecule has 2 aromatic heterocycles. The number of benzene rings is 2. The monoisotopic (exact) mass is 287 g/mol. The fourth-order valence-electron chi connectivity index (χ4n) is 2.93. The number of aromatic nitrogens is 2. The lowest BCUT2D eigenvalue weighted by atomic mass is 10.1. The van der Waals surface area contributed by atoms with Gasteiger partial charge in [0.05, 0.1) is 23.2 Å². The van der Waals surface area contributed by atoms with Crippen LogP contribution in [0.5, 0.6) is 5.75 Å². The number of rotatable bonds is 2. The number of fused-ring (bicyclic) bond motifs is 5. The average Bonchev–Trinajstić information content (AvgIpc) is 2.94. The van der Waals surface area contributed by atoms with Crippen molar-refractivity contribution in [2.24, 2.45) is 0 Å². The smallest absolute Gasteiger partial charge is 0.160 e. The van der Waals surface area contributed by atoms with Crippen molar-refractivity contribution in [3.63, 3.8) is 0 Å². The van der Waals surface area contributed by atoms with Crippen molar-refractivity contribution < 1.29 is 4.74 Å². The van der Waals surface area contributed by atoms with Crippen molar-refractivity contribution in [1.82, 2.24) is 9.38 Å². The number of hydrogen-bond donors (Lipinski definition) is 0. The molecule has 22 heavy (non-hydrogen) atoms. The molecule has 0 fully saturated rings. The number of ether oxygens (including phenoxy) is 1. The Kier molecular flexibility index (Phi) is 2.73. The molecule has 4 rings (SSSR count). The van der Waals surface area contributed by atoms with Crippen LogP contribution in [-0.2, 0) is 0 Å². The van der Waals surface area contributed by atoms with Crippen LogP contribution >= 0.6 is 0 Å². The van der Waals surface area contributed by atoms with Crippen LogP contribution in [0.25, 0.3) is 27.6 Å². The molecule has 4 heteroatoms. The van der Waals surface area contributed by atoms with Crippen molar-refractivity contribution in [3.8, 4) is 11.8 Å². The highest BCUT2D eigenvalue weighted by molar-refractivity contribution is 5.97. The highest BCUT2D eigenvalue weighted by atomic mass is 16.5. The van der Waals surface area contributed by atoms with E-state index in [1.54, 1.807) is 0 Å². The molecule has 0 unspecified atom stereocenters. The Hall–Kier alpha value is -3.06. The van der Waals surface area contributed by atoms with Gasteiger partial charge in [0.15, 0.2) is 5.65 Å². The first-order valence-corrected chi connectivity index (χ1v) is 7.20. The molecule has 4 nitrogen and oxygen atoms in total. The number of pyridine rings is 1. The highest BCUT2D eigenvalue weighted by Crippen LogP contribution is 2.34. The van der Waals surface area contributed by atoms with E-state index in [1.807, 2.05) is 59.9 Å². The summed E-state index contributed by atoms with van der Waals surface area (Å²) in [6.07, 6.45) is 0. The Bertz CT molecular complexity index is 1060. The van der Waals surface area contributed by atoms with Crippen LogP contribution in [0.1, 0.15) is 12.5 Å². The number of hydrogen-bond acceptors (Lipinski definition) is 3. The lowest BCUT2D eigenvalue weighted by Crippen LogP contribution is -2.00. The van der Waals surface area contributed by atoms with E-state index in [1.165, 1.54) is 0 Å².